The van der Waals surface area contributed by atoms with Gasteiger partial charge < -0.3 is 14.7 Å². The van der Waals surface area contributed by atoms with E-state index < -0.39 is 0 Å². The van der Waals surface area contributed by atoms with Crippen molar-refractivity contribution >= 4 is 44.3 Å². The zero-order chi connectivity index (χ0) is 19.8. The summed E-state index contributed by atoms with van der Waals surface area (Å²) in [6, 6.07) is 23.7. The number of carbonyl (C=O) groups excluding carboxylic acids is 1. The number of H-pyrrole nitrogens is 1. The molecule has 2 aromatic heterocycles. The minimum atomic E-state index is -0.337. The van der Waals surface area contributed by atoms with Gasteiger partial charge in [-0.05, 0) is 18.2 Å². The number of nitrogens with zero attached hydrogens (tertiary/aromatic N) is 3. The Hall–Kier alpha value is -3.93. The summed E-state index contributed by atoms with van der Waals surface area (Å²) in [5, 5.41) is 20.9. The van der Waals surface area contributed by atoms with Gasteiger partial charge in [0.2, 0.25) is 5.88 Å². The molecule has 6 heteroatoms. The third-order valence-corrected chi connectivity index (χ3v) is 5.15. The number of hydrogen-bond acceptors (Lipinski definition) is 3. The maximum atomic E-state index is 12.4. The van der Waals surface area contributed by atoms with Crippen molar-refractivity contribution in [3.8, 4) is 5.88 Å². The molecule has 5 rings (SSSR count). The molecule has 0 unspecified atom stereocenters. The van der Waals surface area contributed by atoms with E-state index in [-0.39, 0.29) is 23.9 Å². The van der Waals surface area contributed by atoms with Crippen LogP contribution in [0.25, 0.3) is 32.7 Å². The number of carbonyl (C=O) groups is 1. The molecule has 2 heterocycles. The molecule has 3 aromatic carbocycles. The second-order valence-corrected chi connectivity index (χ2v) is 6.90. The summed E-state index contributed by atoms with van der Waals surface area (Å²) in [4.78, 5) is 15.2. The highest BCUT2D eigenvalue weighted by Crippen LogP contribution is 2.35. The number of aromatic nitrogens is 2. The van der Waals surface area contributed by atoms with Crippen LogP contribution >= 0.6 is 0 Å². The minimum Gasteiger partial charge on any atom is -0.493 e. The SMILES string of the molecule is O=C(CCn1c2ccccc2c2ccccc21)N=Nc1c(O)[nH]c2ccccc12. The van der Waals surface area contributed by atoms with Crippen molar-refractivity contribution in [3.05, 3.63) is 72.8 Å². The van der Waals surface area contributed by atoms with Crippen molar-refractivity contribution in [3.63, 3.8) is 0 Å². The Kier molecular flexibility index (Phi) is 4.09. The van der Waals surface area contributed by atoms with Crippen molar-refractivity contribution < 1.29 is 9.90 Å². The first kappa shape index (κ1) is 17.2. The number of aryl methyl sites for hydroxylation is 1. The Balaban J connectivity index is 1.41. The maximum absolute atomic E-state index is 12.4. The fourth-order valence-electron chi connectivity index (χ4n) is 3.82. The van der Waals surface area contributed by atoms with Gasteiger partial charge in [-0.25, -0.2) is 0 Å². The van der Waals surface area contributed by atoms with Gasteiger partial charge in [0.15, 0.2) is 5.69 Å². The van der Waals surface area contributed by atoms with Crippen molar-refractivity contribution in [1.82, 2.24) is 9.55 Å². The molecule has 5 aromatic rings. The van der Waals surface area contributed by atoms with Crippen LogP contribution in [-0.2, 0) is 11.3 Å². The molecule has 0 atom stereocenters. The summed E-state index contributed by atoms with van der Waals surface area (Å²) >= 11 is 0. The van der Waals surface area contributed by atoms with Gasteiger partial charge in [-0.2, -0.15) is 0 Å². The van der Waals surface area contributed by atoms with Gasteiger partial charge in [0.05, 0.1) is 5.52 Å². The number of benzene rings is 3. The Morgan fingerprint density at radius 1 is 0.862 bits per heavy atom. The van der Waals surface area contributed by atoms with Gasteiger partial charge in [-0.3, -0.25) is 4.79 Å². The van der Waals surface area contributed by atoms with E-state index in [2.05, 4.69) is 44.0 Å². The highest BCUT2D eigenvalue weighted by molar-refractivity contribution is 6.08. The van der Waals surface area contributed by atoms with Crippen LogP contribution < -0.4 is 0 Å². The lowest BCUT2D eigenvalue weighted by molar-refractivity contribution is -0.118. The summed E-state index contributed by atoms with van der Waals surface area (Å²) in [7, 11) is 0. The summed E-state index contributed by atoms with van der Waals surface area (Å²) in [6.07, 6.45) is 0.218. The van der Waals surface area contributed by atoms with Crippen LogP contribution in [0.1, 0.15) is 6.42 Å². The smallest absolute Gasteiger partial charge is 0.266 e. The number of para-hydroxylation sites is 3. The van der Waals surface area contributed by atoms with Crippen molar-refractivity contribution in [1.29, 1.82) is 0 Å². The predicted octanol–water partition coefficient (Wildman–Crippen LogP) is 5.68. The van der Waals surface area contributed by atoms with Crippen LogP contribution in [-0.4, -0.2) is 20.6 Å². The number of amides is 1. The summed E-state index contributed by atoms with van der Waals surface area (Å²) in [6.45, 7) is 0.506. The van der Waals surface area contributed by atoms with Gasteiger partial charge >= 0.3 is 0 Å². The van der Waals surface area contributed by atoms with E-state index in [9.17, 15) is 9.90 Å². The molecule has 1 amide bonds. The van der Waals surface area contributed by atoms with Gasteiger partial charge in [0, 0.05) is 40.2 Å². The second-order valence-electron chi connectivity index (χ2n) is 6.90. The molecule has 0 fully saturated rings. The first-order chi connectivity index (χ1) is 14.2. The molecule has 0 radical (unpaired) electrons. The van der Waals surface area contributed by atoms with Crippen molar-refractivity contribution in [2.75, 3.05) is 0 Å². The lowest BCUT2D eigenvalue weighted by Crippen LogP contribution is -2.03. The zero-order valence-corrected chi connectivity index (χ0v) is 15.5. The van der Waals surface area contributed by atoms with Crippen LogP contribution in [0, 0.1) is 0 Å². The normalized spacial score (nSPS) is 11.9. The van der Waals surface area contributed by atoms with Crippen LogP contribution in [0.5, 0.6) is 5.88 Å². The number of hydrogen-bond donors (Lipinski definition) is 2. The van der Waals surface area contributed by atoms with E-state index in [1.165, 1.54) is 10.8 Å². The van der Waals surface area contributed by atoms with E-state index in [0.29, 0.717) is 6.54 Å². The van der Waals surface area contributed by atoms with Crippen molar-refractivity contribution in [2.24, 2.45) is 10.2 Å². The van der Waals surface area contributed by atoms with Crippen molar-refractivity contribution in [2.45, 2.75) is 13.0 Å². The molecular formula is C23H18N4O2. The number of azo groups is 1. The predicted molar refractivity (Wildman–Crippen MR) is 114 cm³/mol. The Bertz CT molecular complexity index is 1340. The topological polar surface area (TPSA) is 82.7 Å². The van der Waals surface area contributed by atoms with E-state index in [4.69, 9.17) is 0 Å². The van der Waals surface area contributed by atoms with E-state index >= 15 is 0 Å². The van der Waals surface area contributed by atoms with Crippen LogP contribution in [0.15, 0.2) is 83.0 Å². The lowest BCUT2D eigenvalue weighted by Gasteiger charge is -2.05. The summed E-state index contributed by atoms with van der Waals surface area (Å²) in [5.74, 6) is -0.429. The fraction of sp³-hybridized carbons (Fsp3) is 0.0870. The second kappa shape index (κ2) is 6.91. The first-order valence-corrected chi connectivity index (χ1v) is 9.42. The van der Waals surface area contributed by atoms with Crippen LogP contribution in [0.3, 0.4) is 0 Å². The first-order valence-electron chi connectivity index (χ1n) is 9.42. The van der Waals surface area contributed by atoms with E-state index in [1.807, 2.05) is 48.5 Å². The molecule has 6 nitrogen and oxygen atoms in total. The van der Waals surface area contributed by atoms with Gasteiger partial charge in [0.1, 0.15) is 0 Å². The van der Waals surface area contributed by atoms with E-state index in [1.54, 1.807) is 0 Å². The summed E-state index contributed by atoms with van der Waals surface area (Å²) < 4.78 is 2.14. The monoisotopic (exact) mass is 382 g/mol. The Labute approximate surface area is 166 Å². The Morgan fingerprint density at radius 3 is 2.14 bits per heavy atom. The van der Waals surface area contributed by atoms with Crippen LogP contribution in [0.2, 0.25) is 0 Å². The van der Waals surface area contributed by atoms with Gasteiger partial charge in [-0.1, -0.05) is 54.6 Å². The number of nitrogens with one attached hydrogen (secondary N) is 1. The quantitative estimate of drug-likeness (QED) is 0.392. The highest BCUT2D eigenvalue weighted by atomic mass is 16.3. The highest BCUT2D eigenvalue weighted by Gasteiger charge is 2.12. The third kappa shape index (κ3) is 2.95. The molecule has 0 saturated carbocycles. The number of rotatable bonds is 4. The molecule has 0 spiro atoms. The molecule has 0 aliphatic carbocycles. The molecule has 2 N–H and O–H groups in total. The molecule has 29 heavy (non-hydrogen) atoms. The standard InChI is InChI=1S/C23H18N4O2/c28-21(25-26-22-17-9-1-4-10-18(17)24-23(22)29)13-14-27-19-11-5-2-7-15(19)16-8-3-6-12-20(16)27/h1-12,24,29H,13-14H2. The minimum absolute atomic E-state index is 0.0925. The van der Waals surface area contributed by atoms with Gasteiger partial charge in [0.25, 0.3) is 5.91 Å². The summed E-state index contributed by atoms with van der Waals surface area (Å²) in [5.41, 5.74) is 3.21. The number of aromatic hydroxyl groups is 1. The average molecular weight is 382 g/mol. The average Bonchev–Trinajstić information content (AvgIpc) is 3.25. The number of fused-ring (bicyclic) bond motifs is 4. The molecule has 0 saturated heterocycles. The maximum Gasteiger partial charge on any atom is 0.266 e. The van der Waals surface area contributed by atoms with Crippen LogP contribution in [0.4, 0.5) is 5.69 Å². The van der Waals surface area contributed by atoms with Gasteiger partial charge in [-0.15, -0.1) is 10.2 Å². The third-order valence-electron chi connectivity index (χ3n) is 5.15. The molecule has 0 bridgehead atoms. The fourth-order valence-corrected chi connectivity index (χ4v) is 3.82. The lowest BCUT2D eigenvalue weighted by atomic mass is 10.2. The molecule has 0 aliphatic heterocycles. The largest absolute Gasteiger partial charge is 0.493 e. The Morgan fingerprint density at radius 2 is 1.45 bits per heavy atom. The van der Waals surface area contributed by atoms with E-state index in [0.717, 1.165) is 21.9 Å². The zero-order valence-electron chi connectivity index (χ0n) is 15.5. The number of aromatic amines is 1. The molecular weight excluding hydrogens is 364 g/mol. The molecule has 0 aliphatic rings. The molecule has 142 valence electrons.